The molecule has 1 aliphatic heterocycles. The van der Waals surface area contributed by atoms with Crippen LogP contribution in [0.5, 0.6) is 0 Å². The zero-order valence-corrected chi connectivity index (χ0v) is 13.2. The molecule has 1 nitrogen and oxygen atoms in total. The van der Waals surface area contributed by atoms with E-state index in [4.69, 9.17) is 4.74 Å². The van der Waals surface area contributed by atoms with E-state index in [-0.39, 0.29) is 5.60 Å². The van der Waals surface area contributed by atoms with Crippen molar-refractivity contribution in [3.05, 3.63) is 60.2 Å². The Bertz CT molecular complexity index is 583. The van der Waals surface area contributed by atoms with Crippen molar-refractivity contribution in [3.63, 3.8) is 0 Å². The van der Waals surface area contributed by atoms with Crippen LogP contribution in [0.4, 0.5) is 0 Å². The fraction of sp³-hybridized carbons (Fsp3) is 0.400. The van der Waals surface area contributed by atoms with Crippen LogP contribution < -0.4 is 0 Å². The molecule has 2 atom stereocenters. The van der Waals surface area contributed by atoms with Crippen LogP contribution in [0, 0.1) is 0 Å². The highest BCUT2D eigenvalue weighted by atomic mass is 16.5. The highest BCUT2D eigenvalue weighted by Crippen LogP contribution is 2.42. The maximum atomic E-state index is 6.18. The number of ether oxygens (including phenoxy) is 1. The van der Waals surface area contributed by atoms with E-state index >= 15 is 0 Å². The second-order valence-electron chi connectivity index (χ2n) is 6.62. The van der Waals surface area contributed by atoms with Gasteiger partial charge in [0.2, 0.25) is 0 Å². The normalized spacial score (nSPS) is 24.1. The molecule has 0 spiro atoms. The van der Waals surface area contributed by atoms with E-state index in [2.05, 4.69) is 75.4 Å². The van der Waals surface area contributed by atoms with Crippen molar-refractivity contribution in [2.45, 2.75) is 51.2 Å². The molecule has 1 fully saturated rings. The summed E-state index contributed by atoms with van der Waals surface area (Å²) in [5.74, 6) is 0.523. The molecule has 1 heterocycles. The summed E-state index contributed by atoms with van der Waals surface area (Å²) in [6.45, 7) is 6.62. The third kappa shape index (κ3) is 3.03. The zero-order chi connectivity index (χ0) is 14.9. The van der Waals surface area contributed by atoms with Crippen LogP contribution in [-0.4, -0.2) is 11.7 Å². The maximum Gasteiger partial charge on any atom is 0.0649 e. The quantitative estimate of drug-likeness (QED) is 0.730. The lowest BCUT2D eigenvalue weighted by Crippen LogP contribution is -2.19. The standard InChI is InChI=1S/C20H24O/c1-4-19-18(14-20(2,3)21-19)17-12-10-16(11-13-17)15-8-6-5-7-9-15/h5-13,18-19H,4,14H2,1-3H3/t18-,19+/m0/s1. The lowest BCUT2D eigenvalue weighted by atomic mass is 9.86. The SMILES string of the molecule is CC[C@H]1OC(C)(C)C[C@H]1c1ccc(-c2ccccc2)cc1. The van der Waals surface area contributed by atoms with Crippen molar-refractivity contribution in [3.8, 4) is 11.1 Å². The molecule has 1 aliphatic rings. The van der Waals surface area contributed by atoms with Gasteiger partial charge in [-0.2, -0.15) is 0 Å². The van der Waals surface area contributed by atoms with Crippen molar-refractivity contribution >= 4 is 0 Å². The van der Waals surface area contributed by atoms with Gasteiger partial charge in [-0.15, -0.1) is 0 Å². The summed E-state index contributed by atoms with van der Waals surface area (Å²) in [5.41, 5.74) is 3.97. The Hall–Kier alpha value is -1.60. The monoisotopic (exact) mass is 280 g/mol. The molecule has 0 bridgehead atoms. The van der Waals surface area contributed by atoms with Gasteiger partial charge < -0.3 is 4.74 Å². The summed E-state index contributed by atoms with van der Waals surface area (Å²) in [4.78, 5) is 0. The van der Waals surface area contributed by atoms with E-state index in [9.17, 15) is 0 Å². The Labute approximate surface area is 128 Å². The summed E-state index contributed by atoms with van der Waals surface area (Å²) in [5, 5.41) is 0. The van der Waals surface area contributed by atoms with Crippen LogP contribution in [0.25, 0.3) is 11.1 Å². The largest absolute Gasteiger partial charge is 0.372 e. The van der Waals surface area contributed by atoms with Crippen LogP contribution in [-0.2, 0) is 4.74 Å². The fourth-order valence-electron chi connectivity index (χ4n) is 3.45. The first-order chi connectivity index (χ1) is 10.1. The van der Waals surface area contributed by atoms with Gasteiger partial charge in [0.1, 0.15) is 0 Å². The first kappa shape index (κ1) is 14.3. The minimum atomic E-state index is 0.00342. The molecule has 3 rings (SSSR count). The summed E-state index contributed by atoms with van der Waals surface area (Å²) in [6, 6.07) is 19.6. The average Bonchev–Trinajstić information content (AvgIpc) is 2.83. The van der Waals surface area contributed by atoms with Crippen molar-refractivity contribution < 1.29 is 4.74 Å². The molecule has 0 aliphatic carbocycles. The maximum absolute atomic E-state index is 6.18. The second-order valence-corrected chi connectivity index (χ2v) is 6.62. The highest BCUT2D eigenvalue weighted by Gasteiger charge is 2.39. The molecular formula is C20H24O. The molecule has 2 aromatic rings. The Balaban J connectivity index is 1.84. The smallest absolute Gasteiger partial charge is 0.0649 e. The molecule has 110 valence electrons. The van der Waals surface area contributed by atoms with Gasteiger partial charge in [0.15, 0.2) is 0 Å². The summed E-state index contributed by atoms with van der Waals surface area (Å²) >= 11 is 0. The molecule has 0 N–H and O–H groups in total. The van der Waals surface area contributed by atoms with Crippen LogP contribution in [0.1, 0.15) is 45.1 Å². The van der Waals surface area contributed by atoms with Crippen LogP contribution in [0.2, 0.25) is 0 Å². The van der Waals surface area contributed by atoms with Crippen molar-refractivity contribution in [2.75, 3.05) is 0 Å². The average molecular weight is 280 g/mol. The molecule has 0 amide bonds. The molecular weight excluding hydrogens is 256 g/mol. The lowest BCUT2D eigenvalue weighted by Gasteiger charge is -2.18. The third-order valence-corrected chi connectivity index (χ3v) is 4.48. The first-order valence-electron chi connectivity index (χ1n) is 7.92. The van der Waals surface area contributed by atoms with E-state index in [1.54, 1.807) is 0 Å². The zero-order valence-electron chi connectivity index (χ0n) is 13.2. The molecule has 1 saturated heterocycles. The summed E-state index contributed by atoms with van der Waals surface area (Å²) < 4.78 is 6.18. The minimum absolute atomic E-state index is 0.00342. The highest BCUT2D eigenvalue weighted by molar-refractivity contribution is 5.63. The van der Waals surface area contributed by atoms with Crippen LogP contribution in [0.3, 0.4) is 0 Å². The third-order valence-electron chi connectivity index (χ3n) is 4.48. The molecule has 21 heavy (non-hydrogen) atoms. The topological polar surface area (TPSA) is 9.23 Å². The first-order valence-corrected chi connectivity index (χ1v) is 7.92. The van der Waals surface area contributed by atoms with Gasteiger partial charge in [0.25, 0.3) is 0 Å². The number of rotatable bonds is 3. The fourth-order valence-corrected chi connectivity index (χ4v) is 3.45. The second kappa shape index (κ2) is 5.65. The van der Waals surface area contributed by atoms with E-state index in [0.29, 0.717) is 12.0 Å². The van der Waals surface area contributed by atoms with E-state index in [1.165, 1.54) is 16.7 Å². The molecule has 0 aromatic heterocycles. The van der Waals surface area contributed by atoms with Gasteiger partial charge in [-0.25, -0.2) is 0 Å². The Morgan fingerprint density at radius 1 is 0.952 bits per heavy atom. The van der Waals surface area contributed by atoms with Gasteiger partial charge in [-0.1, -0.05) is 61.5 Å². The Kier molecular flexibility index (Phi) is 3.86. The number of hydrogen-bond acceptors (Lipinski definition) is 1. The molecule has 1 heteroatoms. The van der Waals surface area contributed by atoms with Gasteiger partial charge >= 0.3 is 0 Å². The minimum Gasteiger partial charge on any atom is -0.372 e. The number of hydrogen-bond donors (Lipinski definition) is 0. The lowest BCUT2D eigenvalue weighted by molar-refractivity contribution is -0.0183. The van der Waals surface area contributed by atoms with Crippen molar-refractivity contribution in [1.82, 2.24) is 0 Å². The van der Waals surface area contributed by atoms with Crippen molar-refractivity contribution in [2.24, 2.45) is 0 Å². The van der Waals surface area contributed by atoms with Crippen molar-refractivity contribution in [1.29, 1.82) is 0 Å². The Morgan fingerprint density at radius 2 is 1.57 bits per heavy atom. The van der Waals surface area contributed by atoms with E-state index in [0.717, 1.165) is 12.8 Å². The molecule has 0 unspecified atom stereocenters. The number of benzene rings is 2. The van der Waals surface area contributed by atoms with Crippen LogP contribution in [0.15, 0.2) is 54.6 Å². The predicted octanol–water partition coefficient (Wildman–Crippen LogP) is 5.41. The summed E-state index contributed by atoms with van der Waals surface area (Å²) in [7, 11) is 0. The van der Waals surface area contributed by atoms with E-state index < -0.39 is 0 Å². The summed E-state index contributed by atoms with van der Waals surface area (Å²) in [6.07, 6.45) is 2.53. The van der Waals surface area contributed by atoms with Gasteiger partial charge in [0.05, 0.1) is 11.7 Å². The van der Waals surface area contributed by atoms with Crippen LogP contribution >= 0.6 is 0 Å². The predicted molar refractivity (Wildman–Crippen MR) is 88.5 cm³/mol. The van der Waals surface area contributed by atoms with Gasteiger partial charge in [0, 0.05) is 5.92 Å². The Morgan fingerprint density at radius 3 is 2.19 bits per heavy atom. The molecule has 0 radical (unpaired) electrons. The molecule has 2 aromatic carbocycles. The van der Waals surface area contributed by atoms with Gasteiger partial charge in [-0.05, 0) is 43.4 Å². The van der Waals surface area contributed by atoms with E-state index in [1.807, 2.05) is 0 Å². The van der Waals surface area contributed by atoms with Gasteiger partial charge in [-0.3, -0.25) is 0 Å². The molecule has 0 saturated carbocycles.